The van der Waals surface area contributed by atoms with Crippen molar-refractivity contribution in [1.82, 2.24) is 15.8 Å². The number of halogens is 1. The van der Waals surface area contributed by atoms with Crippen LogP contribution in [0.4, 0.5) is 4.39 Å². The van der Waals surface area contributed by atoms with Crippen molar-refractivity contribution in [3.63, 3.8) is 0 Å². The molecule has 6 nitrogen and oxygen atoms in total. The van der Waals surface area contributed by atoms with Crippen molar-refractivity contribution in [2.45, 2.75) is 24.7 Å². The van der Waals surface area contributed by atoms with Crippen molar-refractivity contribution in [3.8, 4) is 0 Å². The van der Waals surface area contributed by atoms with Gasteiger partial charge in [0.05, 0.1) is 11.7 Å². The van der Waals surface area contributed by atoms with Gasteiger partial charge in [0.2, 0.25) is 17.7 Å². The molecule has 130 valence electrons. The molecule has 1 fully saturated rings. The molecule has 1 aromatic carbocycles. The van der Waals surface area contributed by atoms with Crippen molar-refractivity contribution in [3.05, 3.63) is 30.1 Å². The van der Waals surface area contributed by atoms with Crippen molar-refractivity contribution < 1.29 is 18.8 Å². The van der Waals surface area contributed by atoms with Crippen LogP contribution in [-0.4, -0.2) is 41.5 Å². The highest BCUT2D eigenvalue weighted by molar-refractivity contribution is 8.00. The molecule has 1 atom stereocenters. The summed E-state index contributed by atoms with van der Waals surface area (Å²) in [4.78, 5) is 37.2. The molecule has 3 amide bonds. The molecule has 2 rings (SSSR count). The summed E-state index contributed by atoms with van der Waals surface area (Å²) in [5.41, 5.74) is 4.71. The Morgan fingerprint density at radius 3 is 2.75 bits per heavy atom. The van der Waals surface area contributed by atoms with Gasteiger partial charge in [-0.25, -0.2) is 4.39 Å². The molecule has 0 bridgehead atoms. The van der Waals surface area contributed by atoms with Gasteiger partial charge in [0, 0.05) is 24.9 Å². The van der Waals surface area contributed by atoms with Crippen LogP contribution in [0, 0.1) is 11.7 Å². The van der Waals surface area contributed by atoms with E-state index in [1.54, 1.807) is 23.1 Å². The van der Waals surface area contributed by atoms with Gasteiger partial charge in [0.1, 0.15) is 5.82 Å². The third kappa shape index (κ3) is 5.23. The predicted octanol–water partition coefficient (Wildman–Crippen LogP) is 1.32. The van der Waals surface area contributed by atoms with Crippen molar-refractivity contribution in [2.75, 3.05) is 18.8 Å². The van der Waals surface area contributed by atoms with Gasteiger partial charge >= 0.3 is 0 Å². The lowest BCUT2D eigenvalue weighted by Crippen LogP contribution is -2.50. The minimum atomic E-state index is -0.421. The standard InChI is InChI=1S/C16H20FN3O3S/c1-11(21)20-8-4-5-12(9-20)16(23)19-18-15(22)10-24-14-7-3-2-6-13(14)17/h2-3,6-7,12H,4-5,8-10H2,1H3,(H,18,22)(H,19,23)/t12-/m1/s1. The van der Waals surface area contributed by atoms with Gasteiger partial charge in [-0.15, -0.1) is 11.8 Å². The molecule has 0 spiro atoms. The Morgan fingerprint density at radius 2 is 2.04 bits per heavy atom. The first kappa shape index (κ1) is 18.3. The van der Waals surface area contributed by atoms with Crippen LogP contribution in [0.3, 0.4) is 0 Å². The lowest BCUT2D eigenvalue weighted by molar-refractivity contribution is -0.136. The van der Waals surface area contributed by atoms with Gasteiger partial charge in [-0.05, 0) is 25.0 Å². The summed E-state index contributed by atoms with van der Waals surface area (Å²) < 4.78 is 13.4. The van der Waals surface area contributed by atoms with E-state index in [2.05, 4.69) is 10.9 Å². The van der Waals surface area contributed by atoms with Gasteiger partial charge in [-0.2, -0.15) is 0 Å². The van der Waals surface area contributed by atoms with Crippen LogP contribution in [0.15, 0.2) is 29.2 Å². The Balaban J connectivity index is 1.74. The molecule has 0 saturated carbocycles. The zero-order valence-corrected chi connectivity index (χ0v) is 14.2. The van der Waals surface area contributed by atoms with Gasteiger partial charge < -0.3 is 4.90 Å². The summed E-state index contributed by atoms with van der Waals surface area (Å²) in [6, 6.07) is 6.18. The lowest BCUT2D eigenvalue weighted by atomic mass is 9.97. The second-order valence-corrected chi connectivity index (χ2v) is 6.58. The van der Waals surface area contributed by atoms with Crippen LogP contribution in [0.5, 0.6) is 0 Å². The maximum absolute atomic E-state index is 13.4. The first-order valence-corrected chi connectivity index (χ1v) is 8.67. The van der Waals surface area contributed by atoms with Crippen molar-refractivity contribution in [1.29, 1.82) is 0 Å². The summed E-state index contributed by atoms with van der Waals surface area (Å²) in [6.45, 7) is 2.49. The minimum Gasteiger partial charge on any atom is -0.342 e. The molecule has 0 aromatic heterocycles. The maximum Gasteiger partial charge on any atom is 0.248 e. The topological polar surface area (TPSA) is 78.5 Å². The summed E-state index contributed by atoms with van der Waals surface area (Å²) in [7, 11) is 0. The zero-order chi connectivity index (χ0) is 17.5. The van der Waals surface area contributed by atoms with Crippen LogP contribution in [-0.2, 0) is 14.4 Å². The summed E-state index contributed by atoms with van der Waals surface area (Å²) >= 11 is 1.06. The number of piperidine rings is 1. The van der Waals surface area contributed by atoms with E-state index < -0.39 is 5.91 Å². The average molecular weight is 353 g/mol. The second kappa shape index (κ2) is 8.68. The van der Waals surface area contributed by atoms with E-state index in [-0.39, 0.29) is 29.3 Å². The van der Waals surface area contributed by atoms with Gasteiger partial charge in [0.15, 0.2) is 0 Å². The zero-order valence-electron chi connectivity index (χ0n) is 13.4. The van der Waals surface area contributed by atoms with Crippen LogP contribution in [0.1, 0.15) is 19.8 Å². The van der Waals surface area contributed by atoms with Gasteiger partial charge in [-0.1, -0.05) is 12.1 Å². The lowest BCUT2D eigenvalue weighted by Gasteiger charge is -2.31. The smallest absolute Gasteiger partial charge is 0.248 e. The molecule has 1 heterocycles. The number of likely N-dealkylation sites (tertiary alicyclic amines) is 1. The molecule has 1 aromatic rings. The maximum atomic E-state index is 13.4. The third-order valence-electron chi connectivity index (χ3n) is 3.76. The molecule has 0 aliphatic carbocycles. The van der Waals surface area contributed by atoms with Crippen LogP contribution < -0.4 is 10.9 Å². The molecule has 24 heavy (non-hydrogen) atoms. The fourth-order valence-electron chi connectivity index (χ4n) is 2.45. The number of nitrogens with one attached hydrogen (secondary N) is 2. The molecular formula is C16H20FN3O3S. The number of thioether (sulfide) groups is 1. The van der Waals surface area contributed by atoms with E-state index in [4.69, 9.17) is 0 Å². The number of rotatable bonds is 4. The van der Waals surface area contributed by atoms with Gasteiger partial charge in [-0.3, -0.25) is 25.2 Å². The van der Waals surface area contributed by atoms with Crippen LogP contribution in [0.25, 0.3) is 0 Å². The molecule has 8 heteroatoms. The summed E-state index contributed by atoms with van der Waals surface area (Å²) in [5.74, 6) is -1.52. The molecule has 1 aliphatic heterocycles. The molecule has 0 unspecified atom stereocenters. The normalized spacial score (nSPS) is 17.2. The minimum absolute atomic E-state index is 0.00848. The Hall–Kier alpha value is -2.09. The summed E-state index contributed by atoms with van der Waals surface area (Å²) in [5, 5.41) is 0. The van der Waals surface area contributed by atoms with Crippen LogP contribution in [0.2, 0.25) is 0 Å². The largest absolute Gasteiger partial charge is 0.342 e. The number of amides is 3. The Morgan fingerprint density at radius 1 is 1.29 bits per heavy atom. The van der Waals surface area contributed by atoms with Crippen LogP contribution >= 0.6 is 11.8 Å². The highest BCUT2D eigenvalue weighted by atomic mass is 32.2. The molecule has 1 saturated heterocycles. The predicted molar refractivity (Wildman–Crippen MR) is 88.4 cm³/mol. The fourth-order valence-corrected chi connectivity index (χ4v) is 3.19. The Labute approximate surface area is 144 Å². The number of carbonyl (C=O) groups is 3. The molecule has 1 aliphatic rings. The van der Waals surface area contributed by atoms with E-state index in [9.17, 15) is 18.8 Å². The third-order valence-corrected chi connectivity index (χ3v) is 4.81. The monoisotopic (exact) mass is 353 g/mol. The SMILES string of the molecule is CC(=O)N1CCC[C@@H](C(=O)NNC(=O)CSc2ccccc2F)C1. The van der Waals surface area contributed by atoms with E-state index >= 15 is 0 Å². The highest BCUT2D eigenvalue weighted by Gasteiger charge is 2.27. The fraction of sp³-hybridized carbons (Fsp3) is 0.438. The number of nitrogens with zero attached hydrogens (tertiary/aromatic N) is 1. The number of hydrogen-bond acceptors (Lipinski definition) is 4. The van der Waals surface area contributed by atoms with Crippen molar-refractivity contribution >= 4 is 29.5 Å². The Bertz CT molecular complexity index is 626. The van der Waals surface area contributed by atoms with E-state index in [1.807, 2.05) is 0 Å². The molecule has 2 N–H and O–H groups in total. The first-order chi connectivity index (χ1) is 11.5. The Kier molecular flexibility index (Phi) is 6.60. The molecular weight excluding hydrogens is 333 g/mol. The summed E-state index contributed by atoms with van der Waals surface area (Å²) in [6.07, 6.45) is 1.43. The van der Waals surface area contributed by atoms with Crippen molar-refractivity contribution in [2.24, 2.45) is 5.92 Å². The van der Waals surface area contributed by atoms with Gasteiger partial charge in [0.25, 0.3) is 0 Å². The van der Waals surface area contributed by atoms with E-state index in [1.165, 1.54) is 13.0 Å². The first-order valence-electron chi connectivity index (χ1n) is 7.69. The number of carbonyl (C=O) groups excluding carboxylic acids is 3. The molecule has 0 radical (unpaired) electrons. The quantitative estimate of drug-likeness (QED) is 0.632. The van der Waals surface area contributed by atoms with E-state index in [0.29, 0.717) is 24.4 Å². The number of hydrogen-bond donors (Lipinski definition) is 2. The van der Waals surface area contributed by atoms with E-state index in [0.717, 1.165) is 18.2 Å². The number of hydrazine groups is 1. The average Bonchev–Trinajstić information content (AvgIpc) is 2.59. The number of benzene rings is 1. The highest BCUT2D eigenvalue weighted by Crippen LogP contribution is 2.20. The second-order valence-electron chi connectivity index (χ2n) is 5.56.